The summed E-state index contributed by atoms with van der Waals surface area (Å²) in [6.45, 7) is 0.229. The average molecular weight is 326 g/mol. The van der Waals surface area contributed by atoms with Gasteiger partial charge in [0, 0.05) is 16.4 Å². The fourth-order valence-corrected chi connectivity index (χ4v) is 3.26. The number of carbonyl (C=O) groups excluding carboxylic acids is 1. The van der Waals surface area contributed by atoms with E-state index in [1.165, 1.54) is 12.8 Å². The summed E-state index contributed by atoms with van der Waals surface area (Å²) in [5.74, 6) is 1.30. The molecule has 1 aromatic carbocycles. The molecule has 2 aliphatic rings. The molecular formula is C14H16BrNO3. The highest BCUT2D eigenvalue weighted by Crippen LogP contribution is 2.32. The van der Waals surface area contributed by atoms with Gasteiger partial charge >= 0.3 is 0 Å². The lowest BCUT2D eigenvalue weighted by Gasteiger charge is -2.28. The van der Waals surface area contributed by atoms with Crippen LogP contribution >= 0.6 is 15.9 Å². The van der Waals surface area contributed by atoms with Crippen LogP contribution in [0.5, 0.6) is 11.5 Å². The molecule has 1 amide bonds. The molecule has 0 aromatic heterocycles. The van der Waals surface area contributed by atoms with E-state index in [1.807, 2.05) is 0 Å². The zero-order valence-corrected chi connectivity index (χ0v) is 12.1. The molecule has 2 unspecified atom stereocenters. The minimum Gasteiger partial charge on any atom is -0.454 e. The van der Waals surface area contributed by atoms with Gasteiger partial charge in [-0.2, -0.15) is 0 Å². The predicted octanol–water partition coefficient (Wildman–Crippen LogP) is 2.85. The van der Waals surface area contributed by atoms with Gasteiger partial charge in [0.2, 0.25) is 6.79 Å². The van der Waals surface area contributed by atoms with Crippen LogP contribution in [0.15, 0.2) is 18.2 Å². The standard InChI is InChI=1S/C14H16BrNO3/c15-10-3-1-2-4-11(10)16-14(17)9-5-6-12-13(7-9)19-8-18-12/h5-7,10-11H,1-4,8H2,(H,16,17). The van der Waals surface area contributed by atoms with Gasteiger partial charge in [0.15, 0.2) is 11.5 Å². The van der Waals surface area contributed by atoms with Crippen LogP contribution in [-0.4, -0.2) is 23.6 Å². The van der Waals surface area contributed by atoms with E-state index < -0.39 is 0 Å². The Bertz CT molecular complexity index is 492. The van der Waals surface area contributed by atoms with Crippen molar-refractivity contribution in [3.8, 4) is 11.5 Å². The number of nitrogens with one attached hydrogen (secondary N) is 1. The highest BCUT2D eigenvalue weighted by molar-refractivity contribution is 9.09. The van der Waals surface area contributed by atoms with Crippen molar-refractivity contribution in [1.82, 2.24) is 5.32 Å². The molecule has 1 N–H and O–H groups in total. The van der Waals surface area contributed by atoms with Crippen LogP contribution in [-0.2, 0) is 0 Å². The van der Waals surface area contributed by atoms with E-state index in [9.17, 15) is 4.79 Å². The van der Waals surface area contributed by atoms with Crippen molar-refractivity contribution in [3.63, 3.8) is 0 Å². The van der Waals surface area contributed by atoms with E-state index >= 15 is 0 Å². The molecule has 0 saturated heterocycles. The fraction of sp³-hybridized carbons (Fsp3) is 0.500. The second-order valence-corrected chi connectivity index (χ2v) is 6.12. The summed E-state index contributed by atoms with van der Waals surface area (Å²) >= 11 is 3.65. The summed E-state index contributed by atoms with van der Waals surface area (Å²) in [4.78, 5) is 12.6. The van der Waals surface area contributed by atoms with E-state index in [0.29, 0.717) is 21.9 Å². The minimum atomic E-state index is -0.0466. The van der Waals surface area contributed by atoms with Crippen LogP contribution in [0.1, 0.15) is 36.0 Å². The predicted molar refractivity (Wildman–Crippen MR) is 75.0 cm³/mol. The smallest absolute Gasteiger partial charge is 0.251 e. The molecule has 0 bridgehead atoms. The van der Waals surface area contributed by atoms with Gasteiger partial charge < -0.3 is 14.8 Å². The Morgan fingerprint density at radius 3 is 2.84 bits per heavy atom. The summed E-state index contributed by atoms with van der Waals surface area (Å²) in [6, 6.07) is 5.51. The zero-order valence-electron chi connectivity index (χ0n) is 10.5. The molecule has 1 aliphatic heterocycles. The topological polar surface area (TPSA) is 47.6 Å². The van der Waals surface area contributed by atoms with Crippen LogP contribution in [0.3, 0.4) is 0 Å². The van der Waals surface area contributed by atoms with Crippen molar-refractivity contribution in [2.24, 2.45) is 0 Å². The normalized spacial score (nSPS) is 25.1. The number of ether oxygens (including phenoxy) is 2. The highest BCUT2D eigenvalue weighted by atomic mass is 79.9. The Kier molecular flexibility index (Phi) is 3.64. The Morgan fingerprint density at radius 2 is 2.00 bits per heavy atom. The zero-order chi connectivity index (χ0) is 13.2. The summed E-state index contributed by atoms with van der Waals surface area (Å²) in [5.41, 5.74) is 0.620. The Balaban J connectivity index is 1.70. The van der Waals surface area contributed by atoms with Gasteiger partial charge in [-0.3, -0.25) is 4.79 Å². The lowest BCUT2D eigenvalue weighted by Crippen LogP contribution is -2.42. The summed E-state index contributed by atoms with van der Waals surface area (Å²) < 4.78 is 10.5. The van der Waals surface area contributed by atoms with Gasteiger partial charge in [0.25, 0.3) is 5.91 Å². The van der Waals surface area contributed by atoms with Crippen molar-refractivity contribution in [3.05, 3.63) is 23.8 Å². The monoisotopic (exact) mass is 325 g/mol. The Hall–Kier alpha value is -1.23. The molecular weight excluding hydrogens is 310 g/mol. The summed E-state index contributed by atoms with van der Waals surface area (Å²) in [6.07, 6.45) is 4.55. The van der Waals surface area contributed by atoms with E-state index in [0.717, 1.165) is 12.8 Å². The van der Waals surface area contributed by atoms with Crippen molar-refractivity contribution >= 4 is 21.8 Å². The maximum atomic E-state index is 12.2. The molecule has 19 heavy (non-hydrogen) atoms. The van der Waals surface area contributed by atoms with E-state index in [2.05, 4.69) is 21.2 Å². The first kappa shape index (κ1) is 12.8. The lowest BCUT2D eigenvalue weighted by molar-refractivity contribution is 0.0929. The molecule has 5 heteroatoms. The minimum absolute atomic E-state index is 0.0466. The summed E-state index contributed by atoms with van der Waals surface area (Å²) in [7, 11) is 0. The first-order valence-corrected chi connectivity index (χ1v) is 7.50. The molecule has 3 rings (SSSR count). The Labute approximate surface area is 120 Å². The number of hydrogen-bond donors (Lipinski definition) is 1. The van der Waals surface area contributed by atoms with Crippen molar-refractivity contribution < 1.29 is 14.3 Å². The van der Waals surface area contributed by atoms with Gasteiger partial charge in [-0.1, -0.05) is 28.8 Å². The number of rotatable bonds is 2. The van der Waals surface area contributed by atoms with Gasteiger partial charge in [-0.15, -0.1) is 0 Å². The third-order valence-electron chi connectivity index (χ3n) is 3.63. The lowest BCUT2D eigenvalue weighted by atomic mass is 9.95. The number of amides is 1. The molecule has 1 fully saturated rings. The molecule has 4 nitrogen and oxygen atoms in total. The average Bonchev–Trinajstić information content (AvgIpc) is 2.88. The molecule has 0 radical (unpaired) electrons. The van der Waals surface area contributed by atoms with Crippen LogP contribution in [0, 0.1) is 0 Å². The number of alkyl halides is 1. The maximum Gasteiger partial charge on any atom is 0.251 e. The first-order valence-electron chi connectivity index (χ1n) is 6.58. The van der Waals surface area contributed by atoms with Gasteiger partial charge in [0.1, 0.15) is 0 Å². The number of hydrogen-bond acceptors (Lipinski definition) is 3. The van der Waals surface area contributed by atoms with Gasteiger partial charge in [-0.05, 0) is 31.0 Å². The number of carbonyl (C=O) groups is 1. The second kappa shape index (κ2) is 5.41. The number of fused-ring (bicyclic) bond motifs is 1. The second-order valence-electron chi connectivity index (χ2n) is 4.95. The molecule has 2 atom stereocenters. The third-order valence-corrected chi connectivity index (χ3v) is 4.73. The van der Waals surface area contributed by atoms with Crippen molar-refractivity contribution in [1.29, 1.82) is 0 Å². The van der Waals surface area contributed by atoms with Gasteiger partial charge in [0.05, 0.1) is 0 Å². The molecule has 1 heterocycles. The van der Waals surface area contributed by atoms with Gasteiger partial charge in [-0.25, -0.2) is 0 Å². The molecule has 1 saturated carbocycles. The summed E-state index contributed by atoms with van der Waals surface area (Å²) in [5, 5.41) is 3.09. The van der Waals surface area contributed by atoms with E-state index in [-0.39, 0.29) is 18.7 Å². The molecule has 0 spiro atoms. The van der Waals surface area contributed by atoms with Crippen LogP contribution in [0.25, 0.3) is 0 Å². The van der Waals surface area contributed by atoms with Crippen LogP contribution in [0.4, 0.5) is 0 Å². The first-order chi connectivity index (χ1) is 9.24. The Morgan fingerprint density at radius 1 is 1.21 bits per heavy atom. The molecule has 1 aromatic rings. The highest BCUT2D eigenvalue weighted by Gasteiger charge is 2.25. The SMILES string of the molecule is O=C(NC1CCCCC1Br)c1ccc2c(c1)OCO2. The van der Waals surface area contributed by atoms with Crippen LogP contribution < -0.4 is 14.8 Å². The van der Waals surface area contributed by atoms with E-state index in [4.69, 9.17) is 9.47 Å². The van der Waals surface area contributed by atoms with Crippen molar-refractivity contribution in [2.75, 3.05) is 6.79 Å². The quantitative estimate of drug-likeness (QED) is 0.850. The fourth-order valence-electron chi connectivity index (χ4n) is 2.54. The number of halogens is 1. The van der Waals surface area contributed by atoms with E-state index in [1.54, 1.807) is 18.2 Å². The maximum absolute atomic E-state index is 12.2. The largest absolute Gasteiger partial charge is 0.454 e. The third kappa shape index (κ3) is 2.71. The molecule has 102 valence electrons. The number of benzene rings is 1. The molecule has 1 aliphatic carbocycles. The van der Waals surface area contributed by atoms with Crippen molar-refractivity contribution in [2.45, 2.75) is 36.6 Å². The van der Waals surface area contributed by atoms with Crippen LogP contribution in [0.2, 0.25) is 0 Å².